The fourth-order valence-corrected chi connectivity index (χ4v) is 3.12. The van der Waals surface area contributed by atoms with Gasteiger partial charge in [0.1, 0.15) is 0 Å². The largest absolute Gasteiger partial charge is 0.385 e. The van der Waals surface area contributed by atoms with Crippen LogP contribution in [0.5, 0.6) is 0 Å². The quantitative estimate of drug-likeness (QED) is 0.857. The van der Waals surface area contributed by atoms with E-state index < -0.39 is 0 Å². The number of carbonyl (C=O) groups excluding carboxylic acids is 1. The fraction of sp³-hybridized carbons (Fsp3) is 0.611. The maximum Gasteiger partial charge on any atom is 0.251 e. The van der Waals surface area contributed by atoms with E-state index in [0.29, 0.717) is 0 Å². The van der Waals surface area contributed by atoms with Crippen LogP contribution >= 0.6 is 0 Å². The molecule has 0 aromatic heterocycles. The molecule has 0 radical (unpaired) electrons. The summed E-state index contributed by atoms with van der Waals surface area (Å²) in [5.74, 6) is 1.62. The van der Waals surface area contributed by atoms with Crippen molar-refractivity contribution in [3.05, 3.63) is 29.8 Å². The Bertz CT molecular complexity index is 470. The van der Waals surface area contributed by atoms with Crippen LogP contribution in [-0.2, 0) is 0 Å². The van der Waals surface area contributed by atoms with E-state index in [4.69, 9.17) is 0 Å². The average Bonchev–Trinajstić information content (AvgIpc) is 2.45. The fourth-order valence-electron chi connectivity index (χ4n) is 3.12. The summed E-state index contributed by atoms with van der Waals surface area (Å²) in [6, 6.07) is 7.97. The Morgan fingerprint density at radius 3 is 2.86 bits per heavy atom. The summed E-state index contributed by atoms with van der Waals surface area (Å²) in [5.41, 5.74) is 1.77. The molecule has 21 heavy (non-hydrogen) atoms. The van der Waals surface area contributed by atoms with Gasteiger partial charge in [-0.2, -0.15) is 0 Å². The van der Waals surface area contributed by atoms with Gasteiger partial charge in [0.25, 0.3) is 5.91 Å². The van der Waals surface area contributed by atoms with Crippen LogP contribution in [0.2, 0.25) is 0 Å². The molecular formula is C18H28N2O. The third-order valence-electron chi connectivity index (χ3n) is 4.18. The van der Waals surface area contributed by atoms with Crippen LogP contribution in [0.25, 0.3) is 0 Å². The Labute approximate surface area is 128 Å². The summed E-state index contributed by atoms with van der Waals surface area (Å²) in [5, 5.41) is 6.43. The van der Waals surface area contributed by atoms with E-state index in [2.05, 4.69) is 17.6 Å². The smallest absolute Gasteiger partial charge is 0.251 e. The van der Waals surface area contributed by atoms with E-state index in [-0.39, 0.29) is 11.9 Å². The Hall–Kier alpha value is -1.51. The highest BCUT2D eigenvalue weighted by molar-refractivity contribution is 5.95. The van der Waals surface area contributed by atoms with Crippen LogP contribution in [0.1, 0.15) is 56.8 Å². The second-order valence-electron chi connectivity index (χ2n) is 6.73. The Morgan fingerprint density at radius 1 is 1.33 bits per heavy atom. The zero-order chi connectivity index (χ0) is 15.2. The van der Waals surface area contributed by atoms with E-state index in [9.17, 15) is 4.79 Å². The Kier molecular flexibility index (Phi) is 5.66. The predicted octanol–water partition coefficient (Wildman–Crippen LogP) is 4.06. The highest BCUT2D eigenvalue weighted by atomic mass is 16.1. The molecule has 2 unspecified atom stereocenters. The minimum absolute atomic E-state index is 0.0000568. The van der Waals surface area contributed by atoms with Crippen LogP contribution in [0.3, 0.4) is 0 Å². The van der Waals surface area contributed by atoms with E-state index in [0.717, 1.165) is 29.6 Å². The maximum atomic E-state index is 12.0. The molecule has 0 aliphatic heterocycles. The van der Waals surface area contributed by atoms with E-state index in [1.54, 1.807) is 0 Å². The van der Waals surface area contributed by atoms with Crippen molar-refractivity contribution < 1.29 is 4.79 Å². The van der Waals surface area contributed by atoms with Crippen LogP contribution in [0, 0.1) is 11.8 Å². The average molecular weight is 288 g/mol. The first-order valence-corrected chi connectivity index (χ1v) is 8.19. The van der Waals surface area contributed by atoms with Gasteiger partial charge in [-0.05, 0) is 56.7 Å². The van der Waals surface area contributed by atoms with Crippen molar-refractivity contribution in [1.82, 2.24) is 5.32 Å². The van der Waals surface area contributed by atoms with Crippen molar-refractivity contribution in [2.45, 2.75) is 52.5 Å². The predicted molar refractivity (Wildman–Crippen MR) is 88.7 cm³/mol. The summed E-state index contributed by atoms with van der Waals surface area (Å²) in [6.45, 7) is 7.32. The van der Waals surface area contributed by atoms with Crippen LogP contribution in [0.4, 0.5) is 5.69 Å². The van der Waals surface area contributed by atoms with Gasteiger partial charge in [0, 0.05) is 23.8 Å². The molecule has 3 nitrogen and oxygen atoms in total. The number of anilines is 1. The summed E-state index contributed by atoms with van der Waals surface area (Å²) in [6.07, 6.45) is 5.37. The number of hydrogen-bond acceptors (Lipinski definition) is 2. The second kappa shape index (κ2) is 7.48. The summed E-state index contributed by atoms with van der Waals surface area (Å²) in [7, 11) is 0. The third-order valence-corrected chi connectivity index (χ3v) is 4.18. The number of rotatable bonds is 5. The van der Waals surface area contributed by atoms with Crippen LogP contribution in [0.15, 0.2) is 24.3 Å². The number of amides is 1. The van der Waals surface area contributed by atoms with Crippen molar-refractivity contribution in [3.63, 3.8) is 0 Å². The van der Waals surface area contributed by atoms with Crippen LogP contribution in [-0.4, -0.2) is 18.5 Å². The van der Waals surface area contributed by atoms with E-state index >= 15 is 0 Å². The second-order valence-corrected chi connectivity index (χ2v) is 6.73. The van der Waals surface area contributed by atoms with Crippen molar-refractivity contribution in [3.8, 4) is 0 Å². The molecule has 2 N–H and O–H groups in total. The standard InChI is InChI=1S/C18H28N2O/c1-13(2)20-18(21)16-8-5-9-17(11-16)19-12-15-7-4-6-14(3)10-15/h5,8-9,11,13-15,19H,4,6-7,10,12H2,1-3H3,(H,20,21). The molecule has 1 aromatic rings. The van der Waals surface area contributed by atoms with E-state index in [1.165, 1.54) is 25.7 Å². The van der Waals surface area contributed by atoms with E-state index in [1.807, 2.05) is 38.1 Å². The maximum absolute atomic E-state index is 12.0. The van der Waals surface area contributed by atoms with Gasteiger partial charge in [-0.15, -0.1) is 0 Å². The van der Waals surface area contributed by atoms with Crippen molar-refractivity contribution in [2.75, 3.05) is 11.9 Å². The molecule has 1 aromatic carbocycles. The number of nitrogens with one attached hydrogen (secondary N) is 2. The zero-order valence-corrected chi connectivity index (χ0v) is 13.5. The molecule has 0 saturated heterocycles. The molecule has 1 saturated carbocycles. The molecule has 1 amide bonds. The summed E-state index contributed by atoms with van der Waals surface area (Å²) >= 11 is 0. The lowest BCUT2D eigenvalue weighted by atomic mass is 9.82. The summed E-state index contributed by atoms with van der Waals surface area (Å²) in [4.78, 5) is 12.0. The topological polar surface area (TPSA) is 41.1 Å². The van der Waals surface area contributed by atoms with Crippen molar-refractivity contribution in [1.29, 1.82) is 0 Å². The number of benzene rings is 1. The molecule has 1 aliphatic rings. The summed E-state index contributed by atoms with van der Waals surface area (Å²) < 4.78 is 0. The lowest BCUT2D eigenvalue weighted by Gasteiger charge is -2.27. The zero-order valence-electron chi connectivity index (χ0n) is 13.5. The van der Waals surface area contributed by atoms with Gasteiger partial charge in [0.15, 0.2) is 0 Å². The van der Waals surface area contributed by atoms with Crippen LogP contribution < -0.4 is 10.6 Å². The van der Waals surface area contributed by atoms with Gasteiger partial charge in [-0.3, -0.25) is 4.79 Å². The Morgan fingerprint density at radius 2 is 2.14 bits per heavy atom. The highest BCUT2D eigenvalue weighted by Gasteiger charge is 2.18. The molecule has 0 spiro atoms. The van der Waals surface area contributed by atoms with Gasteiger partial charge in [-0.25, -0.2) is 0 Å². The molecule has 0 heterocycles. The molecule has 2 atom stereocenters. The first kappa shape index (κ1) is 15.9. The molecule has 116 valence electrons. The van der Waals surface area contributed by atoms with Gasteiger partial charge in [0.2, 0.25) is 0 Å². The molecule has 0 bridgehead atoms. The first-order chi connectivity index (χ1) is 10.0. The molecular weight excluding hydrogens is 260 g/mol. The highest BCUT2D eigenvalue weighted by Crippen LogP contribution is 2.28. The van der Waals surface area contributed by atoms with Gasteiger partial charge in [-0.1, -0.05) is 25.8 Å². The SMILES string of the molecule is CC1CCCC(CNc2cccc(C(=O)NC(C)C)c2)C1. The van der Waals surface area contributed by atoms with Gasteiger partial charge in [0.05, 0.1) is 0 Å². The minimum atomic E-state index is -0.0000568. The van der Waals surface area contributed by atoms with Crippen molar-refractivity contribution >= 4 is 11.6 Å². The number of carbonyl (C=O) groups is 1. The molecule has 3 heteroatoms. The Balaban J connectivity index is 1.90. The molecule has 1 fully saturated rings. The molecule has 2 rings (SSSR count). The van der Waals surface area contributed by atoms with Crippen molar-refractivity contribution in [2.24, 2.45) is 11.8 Å². The minimum Gasteiger partial charge on any atom is -0.385 e. The van der Waals surface area contributed by atoms with Gasteiger partial charge < -0.3 is 10.6 Å². The first-order valence-electron chi connectivity index (χ1n) is 8.19. The number of hydrogen-bond donors (Lipinski definition) is 2. The normalized spacial score (nSPS) is 22.1. The lowest BCUT2D eigenvalue weighted by Crippen LogP contribution is -2.30. The molecule has 1 aliphatic carbocycles. The monoisotopic (exact) mass is 288 g/mol. The lowest BCUT2D eigenvalue weighted by molar-refractivity contribution is 0.0943. The third kappa shape index (κ3) is 5.07. The van der Waals surface area contributed by atoms with Gasteiger partial charge >= 0.3 is 0 Å².